The predicted molar refractivity (Wildman–Crippen MR) is 52.8 cm³/mol. The molecule has 15 heavy (non-hydrogen) atoms. The first-order chi connectivity index (χ1) is 6.90. The van der Waals surface area contributed by atoms with E-state index < -0.39 is 21.7 Å². The van der Waals surface area contributed by atoms with E-state index in [0.717, 1.165) is 6.07 Å². The molecule has 3 N–H and O–H groups in total. The molecule has 0 heterocycles. The zero-order valence-corrected chi connectivity index (χ0v) is 8.52. The zero-order chi connectivity index (χ0) is 11.5. The van der Waals surface area contributed by atoms with Crippen molar-refractivity contribution in [1.82, 2.24) is 0 Å². The minimum atomic E-state index is -3.60. The molecular formula is C8H10F2N2O2S. The number of rotatable bonds is 4. The van der Waals surface area contributed by atoms with E-state index in [9.17, 15) is 17.2 Å². The summed E-state index contributed by atoms with van der Waals surface area (Å²) in [5.41, 5.74) is -0.0846. The number of hydrogen-bond donors (Lipinski definition) is 2. The highest BCUT2D eigenvalue weighted by Crippen LogP contribution is 2.15. The van der Waals surface area contributed by atoms with Crippen molar-refractivity contribution in [3.05, 3.63) is 29.8 Å². The summed E-state index contributed by atoms with van der Waals surface area (Å²) in [6, 6.07) is 3.60. The van der Waals surface area contributed by atoms with Gasteiger partial charge in [-0.15, -0.1) is 0 Å². The van der Waals surface area contributed by atoms with Gasteiger partial charge in [0, 0.05) is 6.54 Å². The van der Waals surface area contributed by atoms with Crippen molar-refractivity contribution in [1.29, 1.82) is 0 Å². The lowest BCUT2D eigenvalue weighted by atomic mass is 10.3. The Bertz CT molecular complexity index is 448. The van der Waals surface area contributed by atoms with Crippen LogP contribution in [0.15, 0.2) is 18.2 Å². The number of halogens is 2. The van der Waals surface area contributed by atoms with Crippen LogP contribution in [-0.4, -0.2) is 20.7 Å². The van der Waals surface area contributed by atoms with Gasteiger partial charge in [0.2, 0.25) is 10.0 Å². The van der Waals surface area contributed by atoms with Gasteiger partial charge in [-0.1, -0.05) is 6.07 Å². The predicted octanol–water partition coefficient (Wildman–Crippen LogP) is 0.665. The second kappa shape index (κ2) is 4.54. The minimum absolute atomic E-state index is 0.0702. The van der Waals surface area contributed by atoms with Gasteiger partial charge < -0.3 is 5.32 Å². The zero-order valence-electron chi connectivity index (χ0n) is 7.70. The molecule has 0 radical (unpaired) electrons. The quantitative estimate of drug-likeness (QED) is 0.806. The van der Waals surface area contributed by atoms with E-state index in [-0.39, 0.29) is 18.0 Å². The Morgan fingerprint density at radius 3 is 2.60 bits per heavy atom. The molecule has 0 aliphatic carbocycles. The standard InChI is InChI=1S/C8H10F2N2O2S/c9-6-2-1-3-7(8(6)10)12-4-5-15(11,13)14/h1-3,12H,4-5H2,(H2,11,13,14). The van der Waals surface area contributed by atoms with Crippen molar-refractivity contribution < 1.29 is 17.2 Å². The maximum atomic E-state index is 13.0. The molecule has 0 spiro atoms. The molecule has 0 saturated carbocycles. The molecule has 0 amide bonds. The van der Waals surface area contributed by atoms with Gasteiger partial charge in [0.05, 0.1) is 11.4 Å². The molecule has 0 fully saturated rings. The van der Waals surface area contributed by atoms with Crippen LogP contribution >= 0.6 is 0 Å². The molecular weight excluding hydrogens is 226 g/mol. The van der Waals surface area contributed by atoms with Crippen molar-refractivity contribution in [3.8, 4) is 0 Å². The summed E-state index contributed by atoms with van der Waals surface area (Å²) < 4.78 is 46.8. The van der Waals surface area contributed by atoms with Crippen LogP contribution in [0.5, 0.6) is 0 Å². The first-order valence-corrected chi connectivity index (χ1v) is 5.80. The summed E-state index contributed by atoms with van der Waals surface area (Å²) in [5.74, 6) is -2.37. The van der Waals surface area contributed by atoms with Crippen molar-refractivity contribution in [2.24, 2.45) is 5.14 Å². The first kappa shape index (κ1) is 11.9. The molecule has 0 aromatic heterocycles. The van der Waals surface area contributed by atoms with Crippen LogP contribution in [0.25, 0.3) is 0 Å². The summed E-state index contributed by atoms with van der Waals surface area (Å²) in [6.07, 6.45) is 0. The molecule has 4 nitrogen and oxygen atoms in total. The maximum absolute atomic E-state index is 13.0. The molecule has 0 atom stereocenters. The molecule has 0 bridgehead atoms. The Labute approximate surface area is 86.1 Å². The molecule has 0 unspecified atom stereocenters. The Morgan fingerprint density at radius 1 is 1.33 bits per heavy atom. The first-order valence-electron chi connectivity index (χ1n) is 4.08. The highest BCUT2D eigenvalue weighted by atomic mass is 32.2. The summed E-state index contributed by atoms with van der Waals surface area (Å²) in [6.45, 7) is -0.0702. The lowest BCUT2D eigenvalue weighted by Gasteiger charge is -2.06. The van der Waals surface area contributed by atoms with Crippen LogP contribution in [0.1, 0.15) is 0 Å². The number of sulfonamides is 1. The summed E-state index contributed by atoms with van der Waals surface area (Å²) in [4.78, 5) is 0. The smallest absolute Gasteiger partial charge is 0.210 e. The third kappa shape index (κ3) is 3.80. The minimum Gasteiger partial charge on any atom is -0.382 e. The molecule has 84 valence electrons. The van der Waals surface area contributed by atoms with Gasteiger partial charge in [0.1, 0.15) is 0 Å². The second-order valence-electron chi connectivity index (χ2n) is 2.90. The Kier molecular flexibility index (Phi) is 3.59. The van der Waals surface area contributed by atoms with Gasteiger partial charge in [-0.05, 0) is 12.1 Å². The number of primary sulfonamides is 1. The van der Waals surface area contributed by atoms with Crippen LogP contribution in [0.2, 0.25) is 0 Å². The molecule has 0 aliphatic rings. The fourth-order valence-electron chi connectivity index (χ4n) is 0.968. The summed E-state index contributed by atoms with van der Waals surface area (Å²) >= 11 is 0. The Morgan fingerprint density at radius 2 is 2.00 bits per heavy atom. The largest absolute Gasteiger partial charge is 0.382 e. The van der Waals surface area contributed by atoms with Crippen molar-refractivity contribution in [2.45, 2.75) is 0 Å². The second-order valence-corrected chi connectivity index (χ2v) is 4.63. The van der Waals surface area contributed by atoms with E-state index >= 15 is 0 Å². The monoisotopic (exact) mass is 236 g/mol. The molecule has 1 aromatic rings. The SMILES string of the molecule is NS(=O)(=O)CCNc1cccc(F)c1F. The van der Waals surface area contributed by atoms with Gasteiger partial charge in [-0.2, -0.15) is 0 Å². The number of nitrogens with one attached hydrogen (secondary N) is 1. The molecule has 7 heteroatoms. The van der Waals surface area contributed by atoms with E-state index in [0.29, 0.717) is 0 Å². The van der Waals surface area contributed by atoms with Gasteiger partial charge in [0.15, 0.2) is 11.6 Å². The number of benzene rings is 1. The summed E-state index contributed by atoms with van der Waals surface area (Å²) in [7, 11) is -3.60. The maximum Gasteiger partial charge on any atom is 0.210 e. The van der Waals surface area contributed by atoms with Crippen molar-refractivity contribution >= 4 is 15.7 Å². The van der Waals surface area contributed by atoms with Crippen LogP contribution in [-0.2, 0) is 10.0 Å². The highest BCUT2D eigenvalue weighted by molar-refractivity contribution is 7.89. The van der Waals surface area contributed by atoms with Crippen molar-refractivity contribution in [3.63, 3.8) is 0 Å². The molecule has 1 aromatic carbocycles. The van der Waals surface area contributed by atoms with Crippen molar-refractivity contribution in [2.75, 3.05) is 17.6 Å². The fraction of sp³-hybridized carbons (Fsp3) is 0.250. The number of nitrogens with two attached hydrogens (primary N) is 1. The van der Waals surface area contributed by atoms with E-state index in [1.165, 1.54) is 12.1 Å². The van der Waals surface area contributed by atoms with E-state index in [1.807, 2.05) is 0 Å². The van der Waals surface area contributed by atoms with Crippen LogP contribution in [0.4, 0.5) is 14.5 Å². The summed E-state index contributed by atoms with van der Waals surface area (Å²) in [5, 5.41) is 7.17. The van der Waals surface area contributed by atoms with Crippen LogP contribution in [0, 0.1) is 11.6 Å². The normalized spacial score (nSPS) is 11.4. The number of anilines is 1. The highest BCUT2D eigenvalue weighted by Gasteiger charge is 2.08. The lowest BCUT2D eigenvalue weighted by molar-refractivity contribution is 0.511. The van der Waals surface area contributed by atoms with E-state index in [2.05, 4.69) is 5.32 Å². The average molecular weight is 236 g/mol. The molecule has 0 saturated heterocycles. The van der Waals surface area contributed by atoms with Gasteiger partial charge in [-0.25, -0.2) is 22.3 Å². The lowest BCUT2D eigenvalue weighted by Crippen LogP contribution is -2.22. The third-order valence-electron chi connectivity index (χ3n) is 1.65. The van der Waals surface area contributed by atoms with E-state index in [4.69, 9.17) is 5.14 Å². The average Bonchev–Trinajstić information content (AvgIpc) is 2.10. The molecule has 1 rings (SSSR count). The van der Waals surface area contributed by atoms with Gasteiger partial charge >= 0.3 is 0 Å². The molecule has 0 aliphatic heterocycles. The van der Waals surface area contributed by atoms with E-state index in [1.54, 1.807) is 0 Å². The Balaban J connectivity index is 2.62. The third-order valence-corrected chi connectivity index (χ3v) is 2.43. The fourth-order valence-corrected chi connectivity index (χ4v) is 1.35. The van der Waals surface area contributed by atoms with Crippen LogP contribution < -0.4 is 10.5 Å². The number of hydrogen-bond acceptors (Lipinski definition) is 3. The Hall–Kier alpha value is -1.21. The van der Waals surface area contributed by atoms with Crippen LogP contribution in [0.3, 0.4) is 0 Å². The van der Waals surface area contributed by atoms with Gasteiger partial charge in [-0.3, -0.25) is 0 Å². The topological polar surface area (TPSA) is 72.2 Å². The van der Waals surface area contributed by atoms with Gasteiger partial charge in [0.25, 0.3) is 0 Å².